The molecule has 0 aliphatic rings. The van der Waals surface area contributed by atoms with Crippen molar-refractivity contribution in [2.45, 2.75) is 26.7 Å². The summed E-state index contributed by atoms with van der Waals surface area (Å²) in [5.41, 5.74) is 2.51. The molecule has 0 saturated heterocycles. The second-order valence-electron chi connectivity index (χ2n) is 5.41. The van der Waals surface area contributed by atoms with Crippen molar-refractivity contribution in [2.24, 2.45) is 0 Å². The maximum atomic E-state index is 13.0. The third-order valence-corrected chi connectivity index (χ3v) is 4.87. The highest BCUT2D eigenvalue weighted by atomic mass is 32.1. The minimum Gasteiger partial charge on any atom is -0.351 e. The number of halogens is 1. The lowest BCUT2D eigenvalue weighted by molar-refractivity contribution is 0.0956. The van der Waals surface area contributed by atoms with Crippen LogP contribution in [0.4, 0.5) is 4.39 Å². The van der Waals surface area contributed by atoms with Crippen molar-refractivity contribution in [2.75, 3.05) is 6.54 Å². The summed E-state index contributed by atoms with van der Waals surface area (Å²) >= 11 is 1.37. The van der Waals surface area contributed by atoms with Crippen molar-refractivity contribution in [1.82, 2.24) is 14.7 Å². The van der Waals surface area contributed by atoms with Gasteiger partial charge in [-0.05, 0) is 37.6 Å². The number of amides is 1. The van der Waals surface area contributed by atoms with Gasteiger partial charge in [0.05, 0.1) is 5.69 Å². The van der Waals surface area contributed by atoms with E-state index < -0.39 is 0 Å². The Morgan fingerprint density at radius 3 is 2.74 bits per heavy atom. The highest BCUT2D eigenvalue weighted by molar-refractivity contribution is 7.19. The monoisotopic (exact) mass is 331 g/mol. The molecule has 0 radical (unpaired) electrons. The van der Waals surface area contributed by atoms with Crippen molar-refractivity contribution in [3.8, 4) is 11.3 Å². The second kappa shape index (κ2) is 6.50. The summed E-state index contributed by atoms with van der Waals surface area (Å²) in [6, 6.07) is 6.25. The van der Waals surface area contributed by atoms with Crippen molar-refractivity contribution in [3.05, 3.63) is 46.9 Å². The van der Waals surface area contributed by atoms with Gasteiger partial charge in [-0.2, -0.15) is 0 Å². The molecule has 4 nitrogen and oxygen atoms in total. The number of nitrogens with zero attached hydrogens (tertiary/aromatic N) is 2. The Kier molecular flexibility index (Phi) is 4.43. The van der Waals surface area contributed by atoms with E-state index in [4.69, 9.17) is 0 Å². The van der Waals surface area contributed by atoms with Gasteiger partial charge in [0.1, 0.15) is 10.7 Å². The number of nitrogens with one attached hydrogen (secondary N) is 1. The Morgan fingerprint density at radius 2 is 2.09 bits per heavy atom. The van der Waals surface area contributed by atoms with Crippen molar-refractivity contribution in [3.63, 3.8) is 0 Å². The lowest BCUT2D eigenvalue weighted by atomic mass is 10.2. The maximum Gasteiger partial charge on any atom is 0.263 e. The standard InChI is InChI=1S/C17H18FN3OS/c1-3-4-9-19-16(22)15-11(2)21-10-14(20-17(21)23-15)12-5-7-13(18)8-6-12/h5-8,10H,3-4,9H2,1-2H3,(H,19,22). The Balaban J connectivity index is 1.88. The second-order valence-corrected chi connectivity index (χ2v) is 6.39. The van der Waals surface area contributed by atoms with Crippen LogP contribution in [-0.2, 0) is 0 Å². The zero-order chi connectivity index (χ0) is 16.4. The molecular weight excluding hydrogens is 313 g/mol. The van der Waals surface area contributed by atoms with Gasteiger partial charge in [-0.3, -0.25) is 9.20 Å². The van der Waals surface area contributed by atoms with E-state index in [9.17, 15) is 9.18 Å². The van der Waals surface area contributed by atoms with Gasteiger partial charge in [-0.1, -0.05) is 24.7 Å². The summed E-state index contributed by atoms with van der Waals surface area (Å²) in [4.78, 5) is 18.2. The molecule has 2 aromatic heterocycles. The number of carbonyl (C=O) groups is 1. The molecule has 3 rings (SSSR count). The molecule has 6 heteroatoms. The van der Waals surface area contributed by atoms with Crippen LogP contribution in [0.25, 0.3) is 16.2 Å². The lowest BCUT2D eigenvalue weighted by Gasteiger charge is -2.02. The zero-order valence-electron chi connectivity index (χ0n) is 13.1. The number of fused-ring (bicyclic) bond motifs is 1. The van der Waals surface area contributed by atoms with E-state index in [0.717, 1.165) is 34.8 Å². The Morgan fingerprint density at radius 1 is 1.35 bits per heavy atom. The molecule has 23 heavy (non-hydrogen) atoms. The zero-order valence-corrected chi connectivity index (χ0v) is 13.9. The molecule has 1 amide bonds. The van der Waals surface area contributed by atoms with Gasteiger partial charge < -0.3 is 5.32 Å². The van der Waals surface area contributed by atoms with Gasteiger partial charge in [0.15, 0.2) is 4.96 Å². The number of thiazole rings is 1. The first-order valence-electron chi connectivity index (χ1n) is 7.62. The van der Waals surface area contributed by atoms with Crippen molar-refractivity contribution in [1.29, 1.82) is 0 Å². The van der Waals surface area contributed by atoms with E-state index >= 15 is 0 Å². The summed E-state index contributed by atoms with van der Waals surface area (Å²) in [6.45, 7) is 4.69. The molecule has 0 spiro atoms. The van der Waals surface area contributed by atoms with Crippen LogP contribution in [0, 0.1) is 12.7 Å². The number of hydrogen-bond acceptors (Lipinski definition) is 3. The molecule has 0 saturated carbocycles. The van der Waals surface area contributed by atoms with E-state index in [-0.39, 0.29) is 11.7 Å². The summed E-state index contributed by atoms with van der Waals surface area (Å²) in [7, 11) is 0. The van der Waals surface area contributed by atoms with Crippen LogP contribution >= 0.6 is 11.3 Å². The van der Waals surface area contributed by atoms with E-state index in [1.165, 1.54) is 23.5 Å². The van der Waals surface area contributed by atoms with Crippen molar-refractivity contribution >= 4 is 22.2 Å². The van der Waals surface area contributed by atoms with Crippen LogP contribution in [0.15, 0.2) is 30.5 Å². The van der Waals surface area contributed by atoms with Crippen LogP contribution in [0.1, 0.15) is 35.1 Å². The average molecular weight is 331 g/mol. The summed E-state index contributed by atoms with van der Waals surface area (Å²) < 4.78 is 14.9. The predicted octanol–water partition coefficient (Wildman–Crippen LogP) is 4.04. The Bertz CT molecular complexity index is 836. The minimum absolute atomic E-state index is 0.0465. The van der Waals surface area contributed by atoms with Crippen LogP contribution in [-0.4, -0.2) is 21.8 Å². The molecule has 0 atom stereocenters. The average Bonchev–Trinajstić information content (AvgIpc) is 3.08. The molecule has 2 heterocycles. The first-order chi connectivity index (χ1) is 11.1. The number of hydrogen-bond donors (Lipinski definition) is 1. The Labute approximate surface area is 138 Å². The Hall–Kier alpha value is -2.21. The quantitative estimate of drug-likeness (QED) is 0.717. The number of imidazole rings is 1. The fourth-order valence-electron chi connectivity index (χ4n) is 2.38. The molecular formula is C17H18FN3OS. The molecule has 120 valence electrons. The number of aryl methyl sites for hydroxylation is 1. The van der Waals surface area contributed by atoms with Crippen LogP contribution in [0.2, 0.25) is 0 Å². The number of rotatable bonds is 5. The minimum atomic E-state index is -0.267. The van der Waals surface area contributed by atoms with Gasteiger partial charge in [-0.25, -0.2) is 9.37 Å². The topological polar surface area (TPSA) is 46.4 Å². The van der Waals surface area contributed by atoms with E-state index in [1.807, 2.05) is 17.5 Å². The van der Waals surface area contributed by atoms with Gasteiger partial charge in [0.2, 0.25) is 0 Å². The first kappa shape index (κ1) is 15.7. The number of benzene rings is 1. The summed E-state index contributed by atoms with van der Waals surface area (Å²) in [5, 5.41) is 2.93. The SMILES string of the molecule is CCCCNC(=O)c1sc2nc(-c3ccc(F)cc3)cn2c1C. The van der Waals surface area contributed by atoms with Crippen LogP contribution < -0.4 is 5.32 Å². The largest absolute Gasteiger partial charge is 0.351 e. The predicted molar refractivity (Wildman–Crippen MR) is 90.4 cm³/mol. The number of unbranched alkanes of at least 4 members (excludes halogenated alkanes) is 1. The number of carbonyl (C=O) groups excluding carboxylic acids is 1. The molecule has 0 aliphatic carbocycles. The molecule has 0 fully saturated rings. The molecule has 1 aromatic carbocycles. The number of aromatic nitrogens is 2. The first-order valence-corrected chi connectivity index (χ1v) is 8.44. The highest BCUT2D eigenvalue weighted by Gasteiger charge is 2.17. The molecule has 0 aliphatic heterocycles. The maximum absolute atomic E-state index is 13.0. The van der Waals surface area contributed by atoms with Gasteiger partial charge in [-0.15, -0.1) is 0 Å². The van der Waals surface area contributed by atoms with Crippen LogP contribution in [0.5, 0.6) is 0 Å². The molecule has 1 N–H and O–H groups in total. The molecule has 0 bridgehead atoms. The van der Waals surface area contributed by atoms with Crippen LogP contribution in [0.3, 0.4) is 0 Å². The lowest BCUT2D eigenvalue weighted by Crippen LogP contribution is -2.24. The summed E-state index contributed by atoms with van der Waals surface area (Å²) in [6.07, 6.45) is 3.91. The fourth-order valence-corrected chi connectivity index (χ4v) is 3.40. The van der Waals surface area contributed by atoms with Gasteiger partial charge in [0, 0.05) is 24.0 Å². The summed E-state index contributed by atoms with van der Waals surface area (Å²) in [5.74, 6) is -0.313. The molecule has 3 aromatic rings. The third kappa shape index (κ3) is 3.12. The van der Waals surface area contributed by atoms with E-state index in [0.29, 0.717) is 11.4 Å². The highest BCUT2D eigenvalue weighted by Crippen LogP contribution is 2.27. The fraction of sp³-hybridized carbons (Fsp3) is 0.294. The smallest absolute Gasteiger partial charge is 0.263 e. The van der Waals surface area contributed by atoms with Gasteiger partial charge in [0.25, 0.3) is 5.91 Å². The van der Waals surface area contributed by atoms with E-state index in [1.54, 1.807) is 12.1 Å². The van der Waals surface area contributed by atoms with E-state index in [2.05, 4.69) is 17.2 Å². The normalized spacial score (nSPS) is 11.1. The van der Waals surface area contributed by atoms with Crippen molar-refractivity contribution < 1.29 is 9.18 Å². The molecule has 0 unspecified atom stereocenters. The third-order valence-electron chi connectivity index (χ3n) is 3.72. The van der Waals surface area contributed by atoms with Gasteiger partial charge >= 0.3 is 0 Å².